The molecule has 4 heteroatoms. The van der Waals surface area contributed by atoms with Crippen LogP contribution in [0.25, 0.3) is 20.8 Å². The lowest BCUT2D eigenvalue weighted by molar-refractivity contribution is 0.415. The van der Waals surface area contributed by atoms with E-state index in [1.54, 1.807) is 18.4 Å². The summed E-state index contributed by atoms with van der Waals surface area (Å²) in [5.74, 6) is 0.866. The summed E-state index contributed by atoms with van der Waals surface area (Å²) in [4.78, 5) is 6.80. The average molecular weight is 284 g/mol. The van der Waals surface area contributed by atoms with Crippen LogP contribution in [-0.2, 0) is 0 Å². The van der Waals surface area contributed by atoms with Gasteiger partial charge in [-0.2, -0.15) is 0 Å². The summed E-state index contributed by atoms with van der Waals surface area (Å²) in [6.45, 7) is 0. The third-order valence-electron chi connectivity index (χ3n) is 3.23. The fourth-order valence-electron chi connectivity index (χ4n) is 2.05. The summed E-state index contributed by atoms with van der Waals surface area (Å²) in [7, 11) is 5.77. The predicted octanol–water partition coefficient (Wildman–Crippen LogP) is 4.04. The molecule has 0 aliphatic rings. The van der Waals surface area contributed by atoms with Crippen LogP contribution in [0.5, 0.6) is 5.75 Å². The summed E-state index contributed by atoms with van der Waals surface area (Å²) in [5.41, 5.74) is 3.37. The molecule has 0 unspecified atom stereocenters. The van der Waals surface area contributed by atoms with Crippen LogP contribution in [0.4, 0.5) is 5.69 Å². The third kappa shape index (κ3) is 2.34. The minimum atomic E-state index is 0.866. The quantitative estimate of drug-likeness (QED) is 0.726. The molecule has 0 radical (unpaired) electrons. The van der Waals surface area contributed by atoms with Crippen molar-refractivity contribution in [1.29, 1.82) is 0 Å². The number of hydrogen-bond acceptors (Lipinski definition) is 4. The number of anilines is 1. The molecule has 20 heavy (non-hydrogen) atoms. The molecule has 0 bridgehead atoms. The Balaban J connectivity index is 2.03. The highest BCUT2D eigenvalue weighted by atomic mass is 32.1. The second-order valence-electron chi connectivity index (χ2n) is 4.79. The van der Waals surface area contributed by atoms with Crippen LogP contribution in [-0.4, -0.2) is 26.2 Å². The SMILES string of the molecule is COc1ccc(-c2nc3ccc(N(C)C)cc3s2)cc1. The van der Waals surface area contributed by atoms with Crippen molar-refractivity contribution in [2.75, 3.05) is 26.1 Å². The molecule has 1 heterocycles. The Hall–Kier alpha value is -2.07. The monoisotopic (exact) mass is 284 g/mol. The molecule has 0 saturated heterocycles. The van der Waals surface area contributed by atoms with Gasteiger partial charge in [0.15, 0.2) is 0 Å². The number of aromatic nitrogens is 1. The predicted molar refractivity (Wildman–Crippen MR) is 85.9 cm³/mol. The van der Waals surface area contributed by atoms with Crippen LogP contribution in [0.3, 0.4) is 0 Å². The maximum absolute atomic E-state index is 5.18. The Morgan fingerprint density at radius 1 is 1.05 bits per heavy atom. The first-order valence-electron chi connectivity index (χ1n) is 6.40. The highest BCUT2D eigenvalue weighted by molar-refractivity contribution is 7.21. The van der Waals surface area contributed by atoms with Gasteiger partial charge in [0, 0.05) is 25.3 Å². The first-order chi connectivity index (χ1) is 9.67. The largest absolute Gasteiger partial charge is 0.497 e. The molecule has 3 aromatic rings. The Morgan fingerprint density at radius 2 is 1.80 bits per heavy atom. The van der Waals surface area contributed by atoms with E-state index in [1.165, 1.54) is 10.4 Å². The smallest absolute Gasteiger partial charge is 0.124 e. The van der Waals surface area contributed by atoms with E-state index in [2.05, 4.69) is 23.1 Å². The molecule has 0 aliphatic carbocycles. The number of thiazole rings is 1. The van der Waals surface area contributed by atoms with Crippen molar-refractivity contribution in [2.24, 2.45) is 0 Å². The van der Waals surface area contributed by atoms with Gasteiger partial charge in [-0.15, -0.1) is 11.3 Å². The van der Waals surface area contributed by atoms with E-state index < -0.39 is 0 Å². The van der Waals surface area contributed by atoms with Crippen LogP contribution in [0, 0.1) is 0 Å². The molecular formula is C16H16N2OS. The van der Waals surface area contributed by atoms with Crippen LogP contribution in [0.1, 0.15) is 0 Å². The number of rotatable bonds is 3. The van der Waals surface area contributed by atoms with Gasteiger partial charge in [-0.25, -0.2) is 4.98 Å². The zero-order valence-corrected chi connectivity index (χ0v) is 12.6. The minimum absolute atomic E-state index is 0.866. The summed E-state index contributed by atoms with van der Waals surface area (Å²) in [5, 5.41) is 1.04. The van der Waals surface area contributed by atoms with Gasteiger partial charge in [0.2, 0.25) is 0 Å². The Bertz CT molecular complexity index is 732. The maximum atomic E-state index is 5.18. The molecule has 0 saturated carbocycles. The Morgan fingerprint density at radius 3 is 2.45 bits per heavy atom. The molecule has 3 nitrogen and oxygen atoms in total. The summed E-state index contributed by atoms with van der Waals surface area (Å²) >= 11 is 1.72. The maximum Gasteiger partial charge on any atom is 0.124 e. The van der Waals surface area contributed by atoms with Gasteiger partial charge in [0.25, 0.3) is 0 Å². The lowest BCUT2D eigenvalue weighted by Gasteiger charge is -2.11. The molecule has 0 atom stereocenters. The Labute approximate surface area is 122 Å². The number of methoxy groups -OCH3 is 1. The molecule has 0 spiro atoms. The lowest BCUT2D eigenvalue weighted by Crippen LogP contribution is -2.07. The van der Waals surface area contributed by atoms with E-state index in [1.807, 2.05) is 38.4 Å². The summed E-state index contributed by atoms with van der Waals surface area (Å²) in [6, 6.07) is 14.4. The van der Waals surface area contributed by atoms with Crippen molar-refractivity contribution >= 4 is 27.2 Å². The summed E-state index contributed by atoms with van der Waals surface area (Å²) < 4.78 is 6.39. The van der Waals surface area contributed by atoms with E-state index in [0.29, 0.717) is 0 Å². The second kappa shape index (κ2) is 5.13. The number of hydrogen-bond donors (Lipinski definition) is 0. The van der Waals surface area contributed by atoms with Crippen molar-refractivity contribution in [2.45, 2.75) is 0 Å². The number of benzene rings is 2. The van der Waals surface area contributed by atoms with Crippen LogP contribution < -0.4 is 9.64 Å². The fourth-order valence-corrected chi connectivity index (χ4v) is 3.05. The fraction of sp³-hybridized carbons (Fsp3) is 0.188. The van der Waals surface area contributed by atoms with Crippen molar-refractivity contribution < 1.29 is 4.74 Å². The molecule has 102 valence electrons. The molecule has 1 aromatic heterocycles. The minimum Gasteiger partial charge on any atom is -0.497 e. The molecule has 2 aromatic carbocycles. The van der Waals surface area contributed by atoms with Crippen LogP contribution in [0.15, 0.2) is 42.5 Å². The van der Waals surface area contributed by atoms with Crippen molar-refractivity contribution in [3.05, 3.63) is 42.5 Å². The van der Waals surface area contributed by atoms with Crippen molar-refractivity contribution in [3.8, 4) is 16.3 Å². The third-order valence-corrected chi connectivity index (χ3v) is 4.29. The van der Waals surface area contributed by atoms with E-state index >= 15 is 0 Å². The molecule has 0 N–H and O–H groups in total. The summed E-state index contributed by atoms with van der Waals surface area (Å²) in [6.07, 6.45) is 0. The van der Waals surface area contributed by atoms with Crippen molar-refractivity contribution in [3.63, 3.8) is 0 Å². The highest BCUT2D eigenvalue weighted by Crippen LogP contribution is 2.32. The van der Waals surface area contributed by atoms with Crippen molar-refractivity contribution in [1.82, 2.24) is 4.98 Å². The van der Waals surface area contributed by atoms with Gasteiger partial charge in [-0.1, -0.05) is 0 Å². The van der Waals surface area contributed by atoms with Gasteiger partial charge in [-0.3, -0.25) is 0 Å². The van der Waals surface area contributed by atoms with Gasteiger partial charge in [0.1, 0.15) is 10.8 Å². The van der Waals surface area contributed by atoms with E-state index in [4.69, 9.17) is 9.72 Å². The highest BCUT2D eigenvalue weighted by Gasteiger charge is 2.07. The number of fused-ring (bicyclic) bond motifs is 1. The average Bonchev–Trinajstić information content (AvgIpc) is 2.90. The second-order valence-corrected chi connectivity index (χ2v) is 5.82. The molecule has 3 rings (SSSR count). The standard InChI is InChI=1S/C16H16N2OS/c1-18(2)12-6-9-14-15(10-12)20-16(17-14)11-4-7-13(19-3)8-5-11/h4-10H,1-3H3. The van der Waals surface area contributed by atoms with E-state index in [9.17, 15) is 0 Å². The van der Waals surface area contributed by atoms with Crippen LogP contribution >= 0.6 is 11.3 Å². The number of nitrogens with zero attached hydrogens (tertiary/aromatic N) is 2. The van der Waals surface area contributed by atoms with Gasteiger partial charge >= 0.3 is 0 Å². The number of ether oxygens (including phenoxy) is 1. The van der Waals surface area contributed by atoms with Gasteiger partial charge in [0.05, 0.1) is 17.3 Å². The zero-order valence-electron chi connectivity index (χ0n) is 11.8. The molecule has 0 aliphatic heterocycles. The lowest BCUT2D eigenvalue weighted by atomic mass is 10.2. The molecular weight excluding hydrogens is 268 g/mol. The van der Waals surface area contributed by atoms with Crippen LogP contribution in [0.2, 0.25) is 0 Å². The zero-order chi connectivity index (χ0) is 14.1. The van der Waals surface area contributed by atoms with Gasteiger partial charge < -0.3 is 9.64 Å². The Kier molecular flexibility index (Phi) is 3.32. The van der Waals surface area contributed by atoms with Gasteiger partial charge in [-0.05, 0) is 42.5 Å². The normalized spacial score (nSPS) is 10.8. The first kappa shape index (κ1) is 12.9. The first-order valence-corrected chi connectivity index (χ1v) is 7.21. The van der Waals surface area contributed by atoms with E-state index in [-0.39, 0.29) is 0 Å². The molecule has 0 fully saturated rings. The molecule has 0 amide bonds. The topological polar surface area (TPSA) is 25.4 Å². The van der Waals surface area contributed by atoms with E-state index in [0.717, 1.165) is 21.8 Å².